The molecular formula is C28H34N8. The number of rotatable bonds is 7. The van der Waals surface area contributed by atoms with Crippen LogP contribution in [0.1, 0.15) is 43.7 Å². The normalized spacial score (nSPS) is 18.3. The van der Waals surface area contributed by atoms with Gasteiger partial charge >= 0.3 is 0 Å². The number of benzene rings is 2. The molecule has 1 atom stereocenters. The van der Waals surface area contributed by atoms with Crippen LogP contribution in [0.2, 0.25) is 0 Å². The van der Waals surface area contributed by atoms with Crippen LogP contribution in [0.3, 0.4) is 0 Å². The lowest BCUT2D eigenvalue weighted by atomic mass is 10.1. The highest BCUT2D eigenvalue weighted by Gasteiger charge is 2.21. The van der Waals surface area contributed by atoms with E-state index in [-0.39, 0.29) is 0 Å². The van der Waals surface area contributed by atoms with Gasteiger partial charge in [-0.25, -0.2) is 4.98 Å². The second kappa shape index (κ2) is 10.5. The monoisotopic (exact) mass is 482 g/mol. The molecule has 2 aromatic heterocycles. The van der Waals surface area contributed by atoms with Crippen LogP contribution in [0.4, 0.5) is 23.1 Å². The fourth-order valence-electron chi connectivity index (χ4n) is 5.25. The molecule has 36 heavy (non-hydrogen) atoms. The van der Waals surface area contributed by atoms with Crippen LogP contribution in [0.5, 0.6) is 0 Å². The van der Waals surface area contributed by atoms with E-state index in [1.807, 2.05) is 12.4 Å². The molecule has 0 bridgehead atoms. The Morgan fingerprint density at radius 2 is 1.75 bits per heavy atom. The molecule has 3 N–H and O–H groups in total. The molecule has 2 saturated heterocycles. The zero-order chi connectivity index (χ0) is 24.2. The van der Waals surface area contributed by atoms with E-state index in [0.29, 0.717) is 18.5 Å². The molecule has 2 fully saturated rings. The third kappa shape index (κ3) is 4.99. The lowest BCUT2D eigenvalue weighted by molar-refractivity contribution is 0.376. The molecule has 0 radical (unpaired) electrons. The number of aromatic nitrogens is 4. The first kappa shape index (κ1) is 22.8. The molecule has 0 unspecified atom stereocenters. The van der Waals surface area contributed by atoms with Gasteiger partial charge in [0.2, 0.25) is 5.95 Å². The quantitative estimate of drug-likeness (QED) is 0.338. The number of anilines is 4. The van der Waals surface area contributed by atoms with Crippen LogP contribution in [0.15, 0.2) is 60.9 Å². The lowest BCUT2D eigenvalue weighted by Gasteiger charge is -2.28. The number of hydrogen-bond acceptors (Lipinski definition) is 7. The van der Waals surface area contributed by atoms with Gasteiger partial charge in [0, 0.05) is 43.6 Å². The first-order valence-corrected chi connectivity index (χ1v) is 13.2. The summed E-state index contributed by atoms with van der Waals surface area (Å²) < 4.78 is 2.21. The van der Waals surface area contributed by atoms with Crippen LogP contribution >= 0.6 is 0 Å². The Kier molecular flexibility index (Phi) is 6.67. The van der Waals surface area contributed by atoms with Crippen molar-refractivity contribution in [1.29, 1.82) is 0 Å². The maximum Gasteiger partial charge on any atom is 0.231 e. The summed E-state index contributed by atoms with van der Waals surface area (Å²) in [6, 6.07) is 19.3. The summed E-state index contributed by atoms with van der Waals surface area (Å²) in [7, 11) is 0. The molecule has 4 heterocycles. The largest absolute Gasteiger partial charge is 0.372 e. The maximum atomic E-state index is 4.93. The Balaban J connectivity index is 1.29. The fraction of sp³-hybridized carbons (Fsp3) is 0.393. The van der Waals surface area contributed by atoms with E-state index >= 15 is 0 Å². The lowest BCUT2D eigenvalue weighted by Crippen LogP contribution is -2.31. The van der Waals surface area contributed by atoms with Gasteiger partial charge in [-0.05, 0) is 68.5 Å². The topological polar surface area (TPSA) is 82.9 Å². The second-order valence-electron chi connectivity index (χ2n) is 9.78. The highest BCUT2D eigenvalue weighted by atomic mass is 15.2. The Hall–Kier alpha value is -3.65. The minimum absolute atomic E-state index is 0.345. The predicted molar refractivity (Wildman–Crippen MR) is 146 cm³/mol. The van der Waals surface area contributed by atoms with Crippen LogP contribution < -0.4 is 20.9 Å². The van der Waals surface area contributed by atoms with E-state index in [0.717, 1.165) is 61.7 Å². The van der Waals surface area contributed by atoms with Crippen LogP contribution in [0, 0.1) is 0 Å². The number of hydrogen-bond donors (Lipinski definition) is 3. The Bertz CT molecular complexity index is 1270. The standard InChI is InChI=1S/C28H34N8/c1-3-8-21(9-4-1)18-30-26-25-27(36(20-31-25)24-10-7-15-29-19-24)34-28(33-26)32-22-11-13-23(14-12-22)35-16-5-2-6-17-35/h1,3-4,8-9,11-14,20,24,29H,2,5-7,10,15-19H2,(H2,30,32,33,34)/t24-/m0/s1. The van der Waals surface area contributed by atoms with Crippen molar-refractivity contribution in [2.45, 2.75) is 44.7 Å². The van der Waals surface area contributed by atoms with Crippen LogP contribution in [0.25, 0.3) is 11.2 Å². The molecule has 4 aromatic rings. The Labute approximate surface area is 212 Å². The highest BCUT2D eigenvalue weighted by Crippen LogP contribution is 2.28. The molecule has 8 nitrogen and oxygen atoms in total. The zero-order valence-electron chi connectivity index (χ0n) is 20.7. The molecule has 6 rings (SSSR count). The minimum atomic E-state index is 0.345. The van der Waals surface area contributed by atoms with Crippen molar-refractivity contribution in [2.24, 2.45) is 0 Å². The summed E-state index contributed by atoms with van der Waals surface area (Å²) in [6.45, 7) is 4.96. The van der Waals surface area contributed by atoms with E-state index in [1.54, 1.807) is 0 Å². The van der Waals surface area contributed by atoms with E-state index in [1.165, 1.54) is 30.5 Å². The highest BCUT2D eigenvalue weighted by molar-refractivity contribution is 5.85. The van der Waals surface area contributed by atoms with Gasteiger partial charge in [-0.15, -0.1) is 0 Å². The van der Waals surface area contributed by atoms with Crippen molar-refractivity contribution in [3.05, 3.63) is 66.5 Å². The third-order valence-corrected chi connectivity index (χ3v) is 7.23. The van der Waals surface area contributed by atoms with Crippen molar-refractivity contribution in [2.75, 3.05) is 41.7 Å². The Morgan fingerprint density at radius 1 is 0.917 bits per heavy atom. The molecule has 8 heteroatoms. The molecule has 0 saturated carbocycles. The Morgan fingerprint density at radius 3 is 2.53 bits per heavy atom. The zero-order valence-corrected chi connectivity index (χ0v) is 20.7. The number of nitrogens with one attached hydrogen (secondary N) is 3. The molecular weight excluding hydrogens is 448 g/mol. The summed E-state index contributed by atoms with van der Waals surface area (Å²) in [4.78, 5) is 17.0. The minimum Gasteiger partial charge on any atom is -0.372 e. The van der Waals surface area contributed by atoms with Gasteiger partial charge in [0.15, 0.2) is 17.0 Å². The van der Waals surface area contributed by atoms with Gasteiger partial charge in [0.05, 0.1) is 6.33 Å². The van der Waals surface area contributed by atoms with E-state index in [4.69, 9.17) is 15.0 Å². The smallest absolute Gasteiger partial charge is 0.231 e. The number of nitrogens with zero attached hydrogens (tertiary/aromatic N) is 5. The van der Waals surface area contributed by atoms with E-state index in [2.05, 4.69) is 73.9 Å². The molecule has 2 aliphatic rings. The van der Waals surface area contributed by atoms with Crippen molar-refractivity contribution >= 4 is 34.3 Å². The summed E-state index contributed by atoms with van der Waals surface area (Å²) in [6.07, 6.45) is 8.08. The van der Waals surface area contributed by atoms with Gasteiger partial charge in [0.1, 0.15) is 0 Å². The van der Waals surface area contributed by atoms with Crippen molar-refractivity contribution in [1.82, 2.24) is 24.8 Å². The van der Waals surface area contributed by atoms with Gasteiger partial charge in [-0.3, -0.25) is 0 Å². The van der Waals surface area contributed by atoms with Gasteiger partial charge < -0.3 is 25.4 Å². The molecule has 2 aromatic carbocycles. The SMILES string of the molecule is c1ccc(CNc2nc(Nc3ccc(N4CCCCC4)cc3)nc3c2ncn3[C@H]2CCCNC2)cc1. The van der Waals surface area contributed by atoms with E-state index < -0.39 is 0 Å². The summed E-state index contributed by atoms with van der Waals surface area (Å²) in [5.41, 5.74) is 5.13. The second-order valence-corrected chi connectivity index (χ2v) is 9.78. The first-order valence-electron chi connectivity index (χ1n) is 13.2. The predicted octanol–water partition coefficient (Wildman–Crippen LogP) is 5.10. The summed E-state index contributed by atoms with van der Waals surface area (Å²) in [5, 5.41) is 10.5. The van der Waals surface area contributed by atoms with Gasteiger partial charge in [-0.1, -0.05) is 30.3 Å². The maximum absolute atomic E-state index is 4.93. The average Bonchev–Trinajstić information content (AvgIpc) is 3.38. The number of piperidine rings is 2. The summed E-state index contributed by atoms with van der Waals surface area (Å²) >= 11 is 0. The molecule has 0 aliphatic carbocycles. The number of fused-ring (bicyclic) bond motifs is 1. The van der Waals surface area contributed by atoms with Crippen LogP contribution in [-0.2, 0) is 6.54 Å². The van der Waals surface area contributed by atoms with Gasteiger partial charge in [-0.2, -0.15) is 9.97 Å². The first-order chi connectivity index (χ1) is 17.8. The molecule has 0 amide bonds. The third-order valence-electron chi connectivity index (χ3n) is 7.23. The number of imidazole rings is 1. The van der Waals surface area contributed by atoms with Crippen molar-refractivity contribution in [3.63, 3.8) is 0 Å². The van der Waals surface area contributed by atoms with Crippen LogP contribution in [-0.4, -0.2) is 45.7 Å². The molecule has 186 valence electrons. The molecule has 0 spiro atoms. The summed E-state index contributed by atoms with van der Waals surface area (Å²) in [5.74, 6) is 1.33. The average molecular weight is 483 g/mol. The fourth-order valence-corrected chi connectivity index (χ4v) is 5.25. The van der Waals surface area contributed by atoms with E-state index in [9.17, 15) is 0 Å². The van der Waals surface area contributed by atoms with Crippen molar-refractivity contribution in [3.8, 4) is 0 Å². The van der Waals surface area contributed by atoms with Crippen molar-refractivity contribution < 1.29 is 0 Å². The molecule has 2 aliphatic heterocycles. The van der Waals surface area contributed by atoms with Gasteiger partial charge in [0.25, 0.3) is 0 Å².